The van der Waals surface area contributed by atoms with Crippen molar-refractivity contribution >= 4 is 28.7 Å². The molecule has 42 heavy (non-hydrogen) atoms. The Kier molecular flexibility index (Phi) is 7.93. The minimum Gasteiger partial charge on any atom is -0.480 e. The van der Waals surface area contributed by atoms with Gasteiger partial charge in [0.05, 0.1) is 11.6 Å². The van der Waals surface area contributed by atoms with Gasteiger partial charge in [0.1, 0.15) is 23.2 Å². The van der Waals surface area contributed by atoms with Crippen molar-refractivity contribution in [3.63, 3.8) is 0 Å². The fraction of sp³-hybridized carbons (Fsp3) is 0.355. The van der Waals surface area contributed by atoms with Crippen LogP contribution in [0, 0.1) is 0 Å². The van der Waals surface area contributed by atoms with Crippen LogP contribution in [0.2, 0.25) is 0 Å². The summed E-state index contributed by atoms with van der Waals surface area (Å²) in [5.74, 6) is -1.60. The lowest BCUT2D eigenvalue weighted by Gasteiger charge is -2.22. The van der Waals surface area contributed by atoms with E-state index in [0.29, 0.717) is 35.0 Å². The number of amides is 1. The maximum absolute atomic E-state index is 13.9. The molecule has 0 spiro atoms. The number of hydrogen-bond donors (Lipinski definition) is 4. The molecule has 2 aromatic heterocycles. The normalized spacial score (nSPS) is 14.0. The quantitative estimate of drug-likeness (QED) is 0.205. The lowest BCUT2D eigenvalue weighted by atomic mass is 9.91. The number of carbonyl (C=O) groups excluding carboxylic acids is 2. The summed E-state index contributed by atoms with van der Waals surface area (Å²) in [6.07, 6.45) is 2.37. The third kappa shape index (κ3) is 6.24. The number of rotatable bonds is 10. The zero-order valence-electron chi connectivity index (χ0n) is 23.9. The Morgan fingerprint density at radius 3 is 2.60 bits per heavy atom. The molecule has 11 heteroatoms. The molecule has 0 saturated carbocycles. The number of aromatic nitrogens is 3. The first kappa shape index (κ1) is 28.7. The summed E-state index contributed by atoms with van der Waals surface area (Å²) >= 11 is 0. The molecule has 0 radical (unpaired) electrons. The highest BCUT2D eigenvalue weighted by Crippen LogP contribution is 2.36. The first-order chi connectivity index (χ1) is 20.0. The Morgan fingerprint density at radius 1 is 1.10 bits per heavy atom. The fourth-order valence-electron chi connectivity index (χ4n) is 4.95. The average Bonchev–Trinajstić information content (AvgIpc) is 3.68. The van der Waals surface area contributed by atoms with E-state index in [1.54, 1.807) is 45.2 Å². The molecule has 1 amide bonds. The van der Waals surface area contributed by atoms with Crippen LogP contribution in [0.1, 0.15) is 66.7 Å². The summed E-state index contributed by atoms with van der Waals surface area (Å²) in [4.78, 5) is 50.2. The van der Waals surface area contributed by atoms with Crippen LogP contribution < -0.4 is 14.8 Å². The number of hydrogen-bond acceptors (Lipinski definition) is 7. The topological polar surface area (TPSA) is 156 Å². The third-order valence-electron chi connectivity index (χ3n) is 6.99. The fourth-order valence-corrected chi connectivity index (χ4v) is 4.95. The Balaban J connectivity index is 1.47. The molecule has 4 aromatic rings. The van der Waals surface area contributed by atoms with Gasteiger partial charge in [0.2, 0.25) is 12.7 Å². The smallest absolute Gasteiger partial charge is 0.357 e. The van der Waals surface area contributed by atoms with Gasteiger partial charge < -0.3 is 34.6 Å². The molecule has 0 bridgehead atoms. The second kappa shape index (κ2) is 11.6. The Bertz CT molecular complexity index is 1630. The van der Waals surface area contributed by atoms with Crippen LogP contribution in [0.5, 0.6) is 11.5 Å². The van der Waals surface area contributed by atoms with E-state index in [2.05, 4.69) is 20.3 Å². The molecular formula is C31H34N4O7. The number of ether oxygens (including phenoxy) is 3. The van der Waals surface area contributed by atoms with Crippen molar-refractivity contribution in [2.75, 3.05) is 6.79 Å². The number of carbonyl (C=O) groups is 3. The number of nitrogens with zero attached hydrogens (tertiary/aromatic N) is 1. The third-order valence-corrected chi connectivity index (χ3v) is 6.99. The minimum absolute atomic E-state index is 0.00990. The first-order valence-corrected chi connectivity index (χ1v) is 13.8. The predicted octanol–water partition coefficient (Wildman–Crippen LogP) is 4.28. The molecule has 2 aromatic carbocycles. The van der Waals surface area contributed by atoms with Gasteiger partial charge in [0, 0.05) is 36.4 Å². The highest BCUT2D eigenvalue weighted by molar-refractivity contribution is 5.91. The number of esters is 1. The van der Waals surface area contributed by atoms with Crippen molar-refractivity contribution in [1.29, 1.82) is 0 Å². The Morgan fingerprint density at radius 2 is 1.86 bits per heavy atom. The van der Waals surface area contributed by atoms with Gasteiger partial charge in [-0.3, -0.25) is 4.79 Å². The van der Waals surface area contributed by atoms with Crippen LogP contribution in [0.25, 0.3) is 10.9 Å². The zero-order valence-corrected chi connectivity index (χ0v) is 23.9. The highest BCUT2D eigenvalue weighted by Gasteiger charge is 2.32. The maximum atomic E-state index is 13.9. The minimum atomic E-state index is -1.20. The summed E-state index contributed by atoms with van der Waals surface area (Å²) in [5, 5.41) is 13.7. The second-order valence-corrected chi connectivity index (χ2v) is 11.2. The van der Waals surface area contributed by atoms with Gasteiger partial charge in [0.25, 0.3) is 0 Å². The molecule has 3 heterocycles. The SMILES string of the molecule is CCc1nc(CC(C(=O)N[C@@H](Cc2c[nH]c3ccccc23)C(=O)O)c2ccc3c(c2)OCO3)c(C(=O)OC(C)(C)C)[nH]1. The Hall–Kier alpha value is -4.80. The van der Waals surface area contributed by atoms with Gasteiger partial charge in [-0.15, -0.1) is 0 Å². The Labute approximate surface area is 242 Å². The standard InChI is InChI=1S/C31H34N4O7/c1-5-26-33-22(27(35-26)30(39)42-31(2,3)4)14-20(17-10-11-24-25(13-17)41-16-40-24)28(36)34-23(29(37)38)12-18-15-32-21-9-7-6-8-19(18)21/h6-11,13,15,20,23,32H,5,12,14,16H2,1-4H3,(H,33,35)(H,34,36)(H,37,38)/t20?,23-/m0/s1. The number of nitrogens with one attached hydrogen (secondary N) is 3. The van der Waals surface area contributed by atoms with E-state index in [4.69, 9.17) is 14.2 Å². The molecule has 4 N–H and O–H groups in total. The van der Waals surface area contributed by atoms with Gasteiger partial charge in [0.15, 0.2) is 11.5 Å². The number of para-hydroxylation sites is 1. The van der Waals surface area contributed by atoms with Crippen LogP contribution in [-0.2, 0) is 33.6 Å². The van der Waals surface area contributed by atoms with E-state index < -0.39 is 35.4 Å². The number of aromatic amines is 2. The van der Waals surface area contributed by atoms with Crippen LogP contribution in [0.4, 0.5) is 0 Å². The van der Waals surface area contributed by atoms with Crippen LogP contribution in [-0.4, -0.2) is 56.3 Å². The van der Waals surface area contributed by atoms with Crippen molar-refractivity contribution in [2.24, 2.45) is 0 Å². The van der Waals surface area contributed by atoms with Crippen LogP contribution in [0.3, 0.4) is 0 Å². The molecule has 0 fully saturated rings. The van der Waals surface area contributed by atoms with Crippen molar-refractivity contribution in [2.45, 2.75) is 64.5 Å². The lowest BCUT2D eigenvalue weighted by molar-refractivity contribution is -0.142. The molecule has 5 rings (SSSR count). The molecule has 220 valence electrons. The molecule has 0 aliphatic carbocycles. The van der Waals surface area contributed by atoms with Gasteiger partial charge in [-0.05, 0) is 50.1 Å². The van der Waals surface area contributed by atoms with Gasteiger partial charge >= 0.3 is 11.9 Å². The lowest BCUT2D eigenvalue weighted by Crippen LogP contribution is -2.44. The predicted molar refractivity (Wildman–Crippen MR) is 154 cm³/mol. The molecule has 0 saturated heterocycles. The molecule has 11 nitrogen and oxygen atoms in total. The number of carboxylic acid groups (broad SMARTS) is 1. The largest absolute Gasteiger partial charge is 0.480 e. The molecular weight excluding hydrogens is 540 g/mol. The summed E-state index contributed by atoms with van der Waals surface area (Å²) in [6, 6.07) is 11.5. The van der Waals surface area contributed by atoms with Crippen LogP contribution in [0.15, 0.2) is 48.7 Å². The van der Waals surface area contributed by atoms with E-state index in [1.165, 1.54) is 0 Å². The van der Waals surface area contributed by atoms with Crippen molar-refractivity contribution in [3.05, 3.63) is 77.0 Å². The summed E-state index contributed by atoms with van der Waals surface area (Å²) in [5.41, 5.74) is 1.98. The molecule has 1 aliphatic heterocycles. The monoisotopic (exact) mass is 574 g/mol. The number of aryl methyl sites for hydroxylation is 1. The van der Waals surface area contributed by atoms with Crippen molar-refractivity contribution in [3.8, 4) is 11.5 Å². The highest BCUT2D eigenvalue weighted by atomic mass is 16.7. The van der Waals surface area contributed by atoms with Crippen LogP contribution >= 0.6 is 0 Å². The van der Waals surface area contributed by atoms with E-state index in [1.807, 2.05) is 31.2 Å². The van der Waals surface area contributed by atoms with E-state index in [-0.39, 0.29) is 25.3 Å². The number of fused-ring (bicyclic) bond motifs is 2. The van der Waals surface area contributed by atoms with E-state index in [9.17, 15) is 19.5 Å². The summed E-state index contributed by atoms with van der Waals surface area (Å²) < 4.78 is 16.6. The number of imidazole rings is 1. The van der Waals surface area contributed by atoms with E-state index >= 15 is 0 Å². The van der Waals surface area contributed by atoms with E-state index in [0.717, 1.165) is 16.5 Å². The van der Waals surface area contributed by atoms with Gasteiger partial charge in [-0.2, -0.15) is 0 Å². The van der Waals surface area contributed by atoms with Gasteiger partial charge in [-0.1, -0.05) is 31.2 Å². The summed E-state index contributed by atoms with van der Waals surface area (Å²) in [7, 11) is 0. The van der Waals surface area contributed by atoms with Crippen molar-refractivity contribution in [1.82, 2.24) is 20.3 Å². The maximum Gasteiger partial charge on any atom is 0.357 e. The average molecular weight is 575 g/mol. The molecule has 2 atom stereocenters. The first-order valence-electron chi connectivity index (χ1n) is 13.8. The van der Waals surface area contributed by atoms with Crippen molar-refractivity contribution < 1.29 is 33.7 Å². The molecule has 1 unspecified atom stereocenters. The van der Waals surface area contributed by atoms with Gasteiger partial charge in [-0.25, -0.2) is 14.6 Å². The zero-order chi connectivity index (χ0) is 30.0. The summed E-state index contributed by atoms with van der Waals surface area (Å²) in [6.45, 7) is 7.26. The molecule has 1 aliphatic rings. The number of aliphatic carboxylic acids is 1. The number of carboxylic acids is 1. The second-order valence-electron chi connectivity index (χ2n) is 11.2. The number of benzene rings is 2. The number of H-pyrrole nitrogens is 2.